The highest BCUT2D eigenvalue weighted by molar-refractivity contribution is 6.11. The van der Waals surface area contributed by atoms with Gasteiger partial charge in [0.1, 0.15) is 6.07 Å². The lowest BCUT2D eigenvalue weighted by Crippen LogP contribution is -1.99. The molecule has 9 rings (SSSR count). The van der Waals surface area contributed by atoms with Crippen LogP contribution in [0.5, 0.6) is 0 Å². The van der Waals surface area contributed by atoms with E-state index in [1.165, 1.54) is 0 Å². The molecule has 0 spiro atoms. The van der Waals surface area contributed by atoms with Gasteiger partial charge in [0.2, 0.25) is 0 Å². The fourth-order valence-electron chi connectivity index (χ4n) is 7.35. The Bertz CT molecular complexity index is 2900. The monoisotopic (exact) mass is 635 g/mol. The molecule has 0 amide bonds. The largest absolute Gasteiger partial charge is 0.309 e. The van der Waals surface area contributed by atoms with E-state index in [1.54, 1.807) is 0 Å². The summed E-state index contributed by atoms with van der Waals surface area (Å²) in [5, 5.41) is 34.0. The van der Waals surface area contributed by atoms with Crippen molar-refractivity contribution < 1.29 is 0 Å². The Morgan fingerprint density at radius 2 is 0.860 bits per heavy atom. The molecule has 2 heterocycles. The van der Waals surface area contributed by atoms with Gasteiger partial charge in [-0.05, 0) is 77.4 Å². The van der Waals surface area contributed by atoms with Crippen molar-refractivity contribution in [3.05, 3.63) is 168 Å². The van der Waals surface area contributed by atoms with Gasteiger partial charge in [0.25, 0.3) is 0 Å². The van der Waals surface area contributed by atoms with Crippen LogP contribution in [-0.2, 0) is 0 Å². The molecule has 7 aromatic carbocycles. The molecule has 0 radical (unpaired) electrons. The van der Waals surface area contributed by atoms with E-state index in [-0.39, 0.29) is 0 Å². The van der Waals surface area contributed by atoms with Crippen molar-refractivity contribution in [1.82, 2.24) is 9.13 Å². The number of hydrogen-bond acceptors (Lipinski definition) is 3. The second kappa shape index (κ2) is 11.4. The Balaban J connectivity index is 1.19. The molecule has 5 nitrogen and oxygen atoms in total. The van der Waals surface area contributed by atoms with Crippen LogP contribution in [0.1, 0.15) is 16.7 Å². The standard InChI is InChI=1S/C45H25N5/c46-26-29-14-22-43-39(23-29)38-9-3-6-12-42(38)50(43)45-24-30(27-47)13-21-35(45)32-17-15-31(16-18-32)33-19-20-34(28-48)44(25-33)49-40-10-4-1-7-36(40)37-8-2-5-11-41(37)49/h1-25H. The van der Waals surface area contributed by atoms with E-state index in [9.17, 15) is 15.8 Å². The summed E-state index contributed by atoms with van der Waals surface area (Å²) >= 11 is 0. The van der Waals surface area contributed by atoms with Crippen molar-refractivity contribution >= 4 is 43.6 Å². The molecule has 230 valence electrons. The molecule has 9 aromatic rings. The van der Waals surface area contributed by atoms with Crippen LogP contribution >= 0.6 is 0 Å². The van der Waals surface area contributed by atoms with Crippen molar-refractivity contribution in [2.75, 3.05) is 0 Å². The van der Waals surface area contributed by atoms with Crippen LogP contribution in [0.4, 0.5) is 0 Å². The lowest BCUT2D eigenvalue weighted by atomic mass is 9.97. The first-order chi connectivity index (χ1) is 24.7. The molecule has 0 N–H and O–H groups in total. The van der Waals surface area contributed by atoms with Crippen LogP contribution in [0.2, 0.25) is 0 Å². The Kier molecular flexibility index (Phi) is 6.56. The predicted molar refractivity (Wildman–Crippen MR) is 200 cm³/mol. The van der Waals surface area contributed by atoms with Gasteiger partial charge in [0.05, 0.1) is 62.3 Å². The smallest absolute Gasteiger partial charge is 0.101 e. The van der Waals surface area contributed by atoms with Crippen molar-refractivity contribution in [3.63, 3.8) is 0 Å². The van der Waals surface area contributed by atoms with Gasteiger partial charge in [-0.2, -0.15) is 15.8 Å². The number of hydrogen-bond donors (Lipinski definition) is 0. The third-order valence-corrected chi connectivity index (χ3v) is 9.64. The second-order valence-corrected chi connectivity index (χ2v) is 12.3. The molecule has 0 aliphatic rings. The number of nitrogens with zero attached hydrogens (tertiary/aromatic N) is 5. The van der Waals surface area contributed by atoms with Gasteiger partial charge < -0.3 is 9.13 Å². The van der Waals surface area contributed by atoms with Crippen LogP contribution in [-0.4, -0.2) is 9.13 Å². The van der Waals surface area contributed by atoms with Crippen LogP contribution in [0.25, 0.3) is 77.2 Å². The summed E-state index contributed by atoms with van der Waals surface area (Å²) in [6, 6.07) is 57.8. The van der Waals surface area contributed by atoms with Gasteiger partial charge in [-0.1, -0.05) is 91.0 Å². The highest BCUT2D eigenvalue weighted by atomic mass is 15.0. The molecule has 0 saturated carbocycles. The van der Waals surface area contributed by atoms with Crippen LogP contribution < -0.4 is 0 Å². The normalized spacial score (nSPS) is 11.1. The molecule has 0 unspecified atom stereocenters. The minimum atomic E-state index is 0.565. The lowest BCUT2D eigenvalue weighted by molar-refractivity contribution is 1.17. The van der Waals surface area contributed by atoms with E-state index in [0.717, 1.165) is 77.2 Å². The van der Waals surface area contributed by atoms with Gasteiger partial charge in [0, 0.05) is 27.1 Å². The zero-order valence-electron chi connectivity index (χ0n) is 26.7. The first-order valence-corrected chi connectivity index (χ1v) is 16.3. The van der Waals surface area contributed by atoms with E-state index in [2.05, 4.69) is 94.1 Å². The molecule has 0 aliphatic carbocycles. The Morgan fingerprint density at radius 3 is 1.48 bits per heavy atom. The van der Waals surface area contributed by atoms with Gasteiger partial charge in [-0.15, -0.1) is 0 Å². The van der Waals surface area contributed by atoms with Gasteiger partial charge >= 0.3 is 0 Å². The van der Waals surface area contributed by atoms with E-state index in [1.807, 2.05) is 84.9 Å². The number of nitriles is 3. The molecular formula is C45H25N5. The van der Waals surface area contributed by atoms with Crippen molar-refractivity contribution in [1.29, 1.82) is 15.8 Å². The van der Waals surface area contributed by atoms with E-state index in [4.69, 9.17) is 0 Å². The summed E-state index contributed by atoms with van der Waals surface area (Å²) in [5.41, 5.74) is 11.6. The average molecular weight is 636 g/mol. The van der Waals surface area contributed by atoms with Crippen LogP contribution in [0.3, 0.4) is 0 Å². The second-order valence-electron chi connectivity index (χ2n) is 12.3. The topological polar surface area (TPSA) is 81.2 Å². The summed E-state index contributed by atoms with van der Waals surface area (Å²) in [5.74, 6) is 0. The number of benzene rings is 7. The first-order valence-electron chi connectivity index (χ1n) is 16.3. The highest BCUT2D eigenvalue weighted by Crippen LogP contribution is 2.39. The lowest BCUT2D eigenvalue weighted by Gasteiger charge is -2.15. The molecule has 0 atom stereocenters. The van der Waals surface area contributed by atoms with E-state index < -0.39 is 0 Å². The van der Waals surface area contributed by atoms with Gasteiger partial charge in [-0.3, -0.25) is 0 Å². The van der Waals surface area contributed by atoms with Crippen molar-refractivity contribution in [2.24, 2.45) is 0 Å². The Labute approximate surface area is 287 Å². The molecule has 0 fully saturated rings. The third kappa shape index (κ3) is 4.38. The third-order valence-electron chi connectivity index (χ3n) is 9.64. The highest BCUT2D eigenvalue weighted by Gasteiger charge is 2.18. The summed E-state index contributed by atoms with van der Waals surface area (Å²) in [4.78, 5) is 0. The number of fused-ring (bicyclic) bond motifs is 6. The molecule has 0 aliphatic heterocycles. The zero-order chi connectivity index (χ0) is 33.8. The maximum atomic E-state index is 10.2. The van der Waals surface area contributed by atoms with Crippen LogP contribution in [0.15, 0.2) is 152 Å². The van der Waals surface area contributed by atoms with Crippen molar-refractivity contribution in [2.45, 2.75) is 0 Å². The molecule has 2 aromatic heterocycles. The fraction of sp³-hybridized carbons (Fsp3) is 0. The van der Waals surface area contributed by atoms with E-state index in [0.29, 0.717) is 16.7 Å². The summed E-state index contributed by atoms with van der Waals surface area (Å²) in [6.07, 6.45) is 0. The quantitative estimate of drug-likeness (QED) is 0.193. The molecule has 5 heteroatoms. The maximum absolute atomic E-state index is 10.2. The summed E-state index contributed by atoms with van der Waals surface area (Å²) < 4.78 is 4.38. The zero-order valence-corrected chi connectivity index (χ0v) is 26.7. The number of para-hydroxylation sites is 3. The summed E-state index contributed by atoms with van der Waals surface area (Å²) in [7, 11) is 0. The number of aromatic nitrogens is 2. The first kappa shape index (κ1) is 28.8. The summed E-state index contributed by atoms with van der Waals surface area (Å²) in [6.45, 7) is 0. The SMILES string of the molecule is N#Cc1ccc(-c2ccc(-c3ccc(C#N)c(-n4c5ccccc5c5ccccc54)c3)cc2)c(-n2c3ccccc3c3cc(C#N)ccc32)c1. The van der Waals surface area contributed by atoms with Gasteiger partial charge in [-0.25, -0.2) is 0 Å². The molecule has 0 bridgehead atoms. The average Bonchev–Trinajstić information content (AvgIpc) is 3.70. The fourth-order valence-corrected chi connectivity index (χ4v) is 7.35. The van der Waals surface area contributed by atoms with Gasteiger partial charge in [0.15, 0.2) is 0 Å². The van der Waals surface area contributed by atoms with Crippen LogP contribution in [0, 0.1) is 34.0 Å². The Morgan fingerprint density at radius 1 is 0.360 bits per heavy atom. The minimum absolute atomic E-state index is 0.565. The molecule has 50 heavy (non-hydrogen) atoms. The maximum Gasteiger partial charge on any atom is 0.101 e. The predicted octanol–water partition coefficient (Wildman–Crippen LogP) is 10.8. The minimum Gasteiger partial charge on any atom is -0.309 e. The molecular weight excluding hydrogens is 611 g/mol. The van der Waals surface area contributed by atoms with E-state index >= 15 is 0 Å². The number of rotatable bonds is 4. The Hall–Kier alpha value is -7.39. The van der Waals surface area contributed by atoms with Crippen molar-refractivity contribution in [3.8, 4) is 51.8 Å². The molecule has 0 saturated heterocycles.